The van der Waals surface area contributed by atoms with E-state index in [1.807, 2.05) is 6.20 Å². The highest BCUT2D eigenvalue weighted by Gasteiger charge is 2.24. The van der Waals surface area contributed by atoms with Gasteiger partial charge in [-0.2, -0.15) is 0 Å². The molecule has 2 N–H and O–H groups in total. The van der Waals surface area contributed by atoms with Crippen molar-refractivity contribution in [2.45, 2.75) is 31.2 Å². The Morgan fingerprint density at radius 1 is 1.16 bits per heavy atom. The first-order valence-electron chi connectivity index (χ1n) is 6.98. The smallest absolute Gasteiger partial charge is 0.156 e. The lowest BCUT2D eigenvalue weighted by molar-refractivity contribution is 0.788. The van der Waals surface area contributed by atoms with Gasteiger partial charge < -0.3 is 10.6 Å². The van der Waals surface area contributed by atoms with Crippen LogP contribution in [0, 0.1) is 0 Å². The van der Waals surface area contributed by atoms with Gasteiger partial charge >= 0.3 is 0 Å². The van der Waals surface area contributed by atoms with E-state index in [0.717, 1.165) is 36.4 Å². The third-order valence-electron chi connectivity index (χ3n) is 3.95. The zero-order chi connectivity index (χ0) is 12.7. The summed E-state index contributed by atoms with van der Waals surface area (Å²) in [6.07, 6.45) is 7.33. The largest absolute Gasteiger partial charge is 0.364 e. The molecule has 0 unspecified atom stereocenters. The van der Waals surface area contributed by atoms with E-state index >= 15 is 0 Å². The van der Waals surface area contributed by atoms with Crippen LogP contribution >= 0.6 is 0 Å². The van der Waals surface area contributed by atoms with Crippen molar-refractivity contribution in [1.82, 2.24) is 20.3 Å². The van der Waals surface area contributed by atoms with Crippen LogP contribution in [0.1, 0.15) is 30.7 Å². The molecule has 19 heavy (non-hydrogen) atoms. The normalized spacial score (nSPS) is 22.8. The second-order valence-corrected chi connectivity index (χ2v) is 5.47. The lowest BCUT2D eigenvalue weighted by Crippen LogP contribution is -2.23. The van der Waals surface area contributed by atoms with E-state index < -0.39 is 0 Å². The summed E-state index contributed by atoms with van der Waals surface area (Å²) in [7, 11) is 0. The van der Waals surface area contributed by atoms with Crippen LogP contribution in [0.2, 0.25) is 0 Å². The second-order valence-electron chi connectivity index (χ2n) is 5.47. The lowest BCUT2D eigenvalue weighted by atomic mass is 10.1. The number of anilines is 1. The van der Waals surface area contributed by atoms with Gasteiger partial charge in [0, 0.05) is 18.8 Å². The molecule has 0 spiro atoms. The number of hydrogen-bond acceptors (Lipinski definition) is 5. The molecule has 0 amide bonds. The summed E-state index contributed by atoms with van der Waals surface area (Å²) >= 11 is 0. The number of nitrogens with zero attached hydrogens (tertiary/aromatic N) is 3. The van der Waals surface area contributed by atoms with E-state index in [1.165, 1.54) is 18.4 Å². The van der Waals surface area contributed by atoms with Gasteiger partial charge in [-0.1, -0.05) is 0 Å². The van der Waals surface area contributed by atoms with Gasteiger partial charge in [-0.25, -0.2) is 9.97 Å². The Morgan fingerprint density at radius 2 is 2.11 bits per heavy atom. The first-order chi connectivity index (χ1) is 9.40. The topological polar surface area (TPSA) is 62.7 Å². The monoisotopic (exact) mass is 255 g/mol. The van der Waals surface area contributed by atoms with Crippen LogP contribution in [-0.2, 0) is 0 Å². The molecular weight excluding hydrogens is 238 g/mol. The van der Waals surface area contributed by atoms with Crippen molar-refractivity contribution in [3.8, 4) is 0 Å². The first kappa shape index (κ1) is 11.1. The van der Waals surface area contributed by atoms with E-state index in [2.05, 4.69) is 31.7 Å². The first-order valence-corrected chi connectivity index (χ1v) is 6.98. The molecule has 0 radical (unpaired) electrons. The van der Waals surface area contributed by atoms with Gasteiger partial charge in [0.2, 0.25) is 0 Å². The highest BCUT2D eigenvalue weighted by atomic mass is 15.1. The average molecular weight is 255 g/mol. The zero-order valence-corrected chi connectivity index (χ0v) is 10.8. The molecule has 5 heteroatoms. The molecule has 1 atom stereocenters. The summed E-state index contributed by atoms with van der Waals surface area (Å²) in [6.45, 7) is 2.06. The average Bonchev–Trinajstić information content (AvgIpc) is 3.17. The number of fused-ring (bicyclic) bond motifs is 1. The molecule has 2 aromatic rings. The Hall–Kier alpha value is -1.75. The fraction of sp³-hybridized carbons (Fsp3) is 0.500. The molecule has 2 aromatic heterocycles. The molecule has 1 aliphatic carbocycles. The molecule has 5 nitrogen and oxygen atoms in total. The van der Waals surface area contributed by atoms with Crippen molar-refractivity contribution in [3.63, 3.8) is 0 Å². The van der Waals surface area contributed by atoms with Crippen LogP contribution in [0.3, 0.4) is 0 Å². The number of pyridine rings is 1. The Kier molecular flexibility index (Phi) is 2.58. The minimum absolute atomic E-state index is 0.447. The van der Waals surface area contributed by atoms with Crippen molar-refractivity contribution in [1.29, 1.82) is 0 Å². The van der Waals surface area contributed by atoms with E-state index in [1.54, 1.807) is 6.33 Å². The molecule has 0 aromatic carbocycles. The van der Waals surface area contributed by atoms with Crippen molar-refractivity contribution in [3.05, 3.63) is 24.2 Å². The van der Waals surface area contributed by atoms with E-state index in [0.29, 0.717) is 12.0 Å². The van der Waals surface area contributed by atoms with Crippen LogP contribution in [0.4, 0.5) is 5.82 Å². The Bertz CT molecular complexity index is 602. The number of rotatable bonds is 3. The van der Waals surface area contributed by atoms with E-state index in [-0.39, 0.29) is 0 Å². The maximum atomic E-state index is 4.58. The summed E-state index contributed by atoms with van der Waals surface area (Å²) in [5.41, 5.74) is 3.16. The highest BCUT2D eigenvalue weighted by molar-refractivity contribution is 5.85. The van der Waals surface area contributed by atoms with Gasteiger partial charge in [0.1, 0.15) is 11.8 Å². The van der Waals surface area contributed by atoms with Crippen molar-refractivity contribution in [2.75, 3.05) is 18.4 Å². The Morgan fingerprint density at radius 3 is 2.89 bits per heavy atom. The van der Waals surface area contributed by atoms with Gasteiger partial charge in [-0.3, -0.25) is 4.98 Å². The van der Waals surface area contributed by atoms with Crippen LogP contribution in [0.15, 0.2) is 18.6 Å². The summed E-state index contributed by atoms with van der Waals surface area (Å²) in [5.74, 6) is 1.57. The quantitative estimate of drug-likeness (QED) is 0.873. The van der Waals surface area contributed by atoms with Gasteiger partial charge in [0.05, 0.1) is 5.52 Å². The molecule has 1 saturated heterocycles. The minimum Gasteiger partial charge on any atom is -0.364 e. The fourth-order valence-corrected chi connectivity index (χ4v) is 2.68. The minimum atomic E-state index is 0.447. The maximum absolute atomic E-state index is 4.58. The molecule has 4 rings (SSSR count). The molecule has 2 fully saturated rings. The standard InChI is InChI=1S/C14H17N5/c1-2-9(1)10-5-12-13(16-6-10)14(18-8-17-12)19-11-3-4-15-7-11/h5-6,8-9,11,15H,1-4,7H2,(H,17,18,19)/t11-/m1/s1. The SMILES string of the molecule is c1nc(N[C@@H]2CCNC2)c2ncc(C3CC3)cc2n1. The molecule has 3 heterocycles. The van der Waals surface area contributed by atoms with Crippen molar-refractivity contribution < 1.29 is 0 Å². The summed E-state index contributed by atoms with van der Waals surface area (Å²) < 4.78 is 0. The Balaban J connectivity index is 1.69. The number of nitrogens with one attached hydrogen (secondary N) is 2. The predicted octanol–water partition coefficient (Wildman–Crippen LogP) is 1.68. The third kappa shape index (κ3) is 2.14. The highest BCUT2D eigenvalue weighted by Crippen LogP contribution is 2.40. The third-order valence-corrected chi connectivity index (χ3v) is 3.95. The molecule has 1 saturated carbocycles. The second kappa shape index (κ2) is 4.42. The lowest BCUT2D eigenvalue weighted by Gasteiger charge is -2.13. The van der Waals surface area contributed by atoms with Gasteiger partial charge in [0.25, 0.3) is 0 Å². The maximum Gasteiger partial charge on any atom is 0.156 e. The van der Waals surface area contributed by atoms with Crippen LogP contribution in [0.5, 0.6) is 0 Å². The summed E-state index contributed by atoms with van der Waals surface area (Å²) in [4.78, 5) is 13.3. The van der Waals surface area contributed by atoms with Gasteiger partial charge in [-0.15, -0.1) is 0 Å². The van der Waals surface area contributed by atoms with E-state index in [9.17, 15) is 0 Å². The number of hydrogen-bond donors (Lipinski definition) is 2. The van der Waals surface area contributed by atoms with Crippen LogP contribution in [-0.4, -0.2) is 34.1 Å². The predicted molar refractivity (Wildman–Crippen MR) is 74.2 cm³/mol. The summed E-state index contributed by atoms with van der Waals surface area (Å²) in [5, 5.41) is 6.82. The zero-order valence-electron chi connectivity index (χ0n) is 10.8. The van der Waals surface area contributed by atoms with E-state index in [4.69, 9.17) is 0 Å². The molecule has 0 bridgehead atoms. The van der Waals surface area contributed by atoms with Crippen molar-refractivity contribution in [2.24, 2.45) is 0 Å². The van der Waals surface area contributed by atoms with Gasteiger partial charge in [0.15, 0.2) is 5.82 Å². The number of aromatic nitrogens is 3. The fourth-order valence-electron chi connectivity index (χ4n) is 2.68. The Labute approximate surface area is 111 Å². The molecule has 98 valence electrons. The molecular formula is C14H17N5. The van der Waals surface area contributed by atoms with Crippen LogP contribution in [0.25, 0.3) is 11.0 Å². The van der Waals surface area contributed by atoms with Crippen molar-refractivity contribution >= 4 is 16.9 Å². The molecule has 1 aliphatic heterocycles. The summed E-state index contributed by atoms with van der Waals surface area (Å²) in [6, 6.07) is 2.61. The molecule has 2 aliphatic rings. The van der Waals surface area contributed by atoms with Crippen LogP contribution < -0.4 is 10.6 Å². The van der Waals surface area contributed by atoms with Gasteiger partial charge in [-0.05, 0) is 43.4 Å².